The summed E-state index contributed by atoms with van der Waals surface area (Å²) in [5.74, 6) is 0.755. The molecule has 0 aliphatic heterocycles. The number of aromatic amines is 3. The molecule has 7 heteroatoms. The van der Waals surface area contributed by atoms with Gasteiger partial charge in [-0.2, -0.15) is 0 Å². The van der Waals surface area contributed by atoms with Crippen molar-refractivity contribution in [3.8, 4) is 0 Å². The fourth-order valence-corrected chi connectivity index (χ4v) is 4.68. The fourth-order valence-electron chi connectivity index (χ4n) is 4.68. The molecule has 2 aromatic heterocycles. The summed E-state index contributed by atoms with van der Waals surface area (Å²) in [7, 11) is 0. The molecule has 2 bridgehead atoms. The van der Waals surface area contributed by atoms with Crippen molar-refractivity contribution in [2.75, 3.05) is 6.61 Å². The number of nitrogens with one attached hydrogen (secondary N) is 3. The van der Waals surface area contributed by atoms with Crippen molar-refractivity contribution in [2.45, 2.75) is 57.8 Å². The maximum atomic E-state index is 11.7. The van der Waals surface area contributed by atoms with Gasteiger partial charge in [0.25, 0.3) is 5.56 Å². The van der Waals surface area contributed by atoms with E-state index in [1.807, 2.05) is 0 Å². The van der Waals surface area contributed by atoms with Crippen molar-refractivity contribution in [3.63, 3.8) is 0 Å². The number of imidazole rings is 1. The number of aromatic nitrogens is 4. The lowest BCUT2D eigenvalue weighted by Gasteiger charge is -2.53. The SMILES string of the molecule is O=c1[nH]c(=O)c2[nH]c(CCCC34CCC(CO)(CC3)CC4)nc2[nH]1. The third-order valence-corrected chi connectivity index (χ3v) is 6.45. The summed E-state index contributed by atoms with van der Waals surface area (Å²) < 4.78 is 0. The molecule has 0 atom stereocenters. The van der Waals surface area contributed by atoms with Crippen LogP contribution in [0.5, 0.6) is 0 Å². The standard InChI is InChI=1S/C17H24N4O3/c22-10-17-7-4-16(5-8-17,6-9-17)3-1-2-11-18-12-13(19-11)20-15(24)21-14(12)23/h22H,1-10H2,(H3,18,19,20,21,23,24). The molecule has 0 unspecified atom stereocenters. The molecule has 4 N–H and O–H groups in total. The molecular formula is C17H24N4O3. The first-order chi connectivity index (χ1) is 11.5. The number of aliphatic hydroxyl groups is 1. The molecule has 24 heavy (non-hydrogen) atoms. The minimum absolute atomic E-state index is 0.216. The number of nitrogens with zero attached hydrogens (tertiary/aromatic N) is 1. The Labute approximate surface area is 138 Å². The van der Waals surface area contributed by atoms with Crippen LogP contribution in [0, 0.1) is 10.8 Å². The van der Waals surface area contributed by atoms with Gasteiger partial charge in [0.05, 0.1) is 0 Å². The molecule has 5 rings (SSSR count). The second-order valence-corrected chi connectivity index (χ2v) is 7.83. The average Bonchev–Trinajstić information content (AvgIpc) is 2.99. The number of fused-ring (bicyclic) bond motifs is 4. The van der Waals surface area contributed by atoms with E-state index in [-0.39, 0.29) is 5.41 Å². The summed E-state index contributed by atoms with van der Waals surface area (Å²) in [5.41, 5.74) is 0.375. The smallest absolute Gasteiger partial charge is 0.327 e. The topological polar surface area (TPSA) is 115 Å². The highest BCUT2D eigenvalue weighted by atomic mass is 16.3. The molecule has 0 aromatic carbocycles. The van der Waals surface area contributed by atoms with Crippen molar-refractivity contribution in [1.82, 2.24) is 19.9 Å². The van der Waals surface area contributed by atoms with E-state index >= 15 is 0 Å². The lowest BCUT2D eigenvalue weighted by molar-refractivity contribution is -0.0466. The number of aryl methyl sites for hydroxylation is 1. The van der Waals surface area contributed by atoms with Crippen LogP contribution >= 0.6 is 0 Å². The number of hydrogen-bond acceptors (Lipinski definition) is 4. The molecule has 2 heterocycles. The van der Waals surface area contributed by atoms with Gasteiger partial charge in [-0.05, 0) is 62.2 Å². The predicted molar refractivity (Wildman–Crippen MR) is 89.9 cm³/mol. The predicted octanol–water partition coefficient (Wildman–Crippen LogP) is 1.60. The van der Waals surface area contributed by atoms with Gasteiger partial charge in [0.15, 0.2) is 5.65 Å². The van der Waals surface area contributed by atoms with Crippen molar-refractivity contribution in [2.24, 2.45) is 10.8 Å². The minimum atomic E-state index is -0.527. The summed E-state index contributed by atoms with van der Waals surface area (Å²) in [6, 6.07) is 0. The van der Waals surface area contributed by atoms with Gasteiger partial charge in [-0.3, -0.25) is 14.8 Å². The Hall–Kier alpha value is -1.89. The zero-order valence-corrected chi connectivity index (χ0v) is 13.8. The van der Waals surface area contributed by atoms with Gasteiger partial charge >= 0.3 is 5.69 Å². The second-order valence-electron chi connectivity index (χ2n) is 7.83. The Morgan fingerprint density at radius 2 is 1.62 bits per heavy atom. The summed E-state index contributed by atoms with van der Waals surface area (Å²) in [4.78, 5) is 35.1. The van der Waals surface area contributed by atoms with E-state index in [1.54, 1.807) is 0 Å². The molecule has 0 amide bonds. The Morgan fingerprint density at radius 3 is 2.29 bits per heavy atom. The van der Waals surface area contributed by atoms with Crippen LogP contribution in [0.2, 0.25) is 0 Å². The molecule has 3 saturated carbocycles. The molecule has 7 nitrogen and oxygen atoms in total. The maximum Gasteiger partial charge on any atom is 0.327 e. The van der Waals surface area contributed by atoms with Gasteiger partial charge in [-0.15, -0.1) is 0 Å². The number of hydrogen-bond donors (Lipinski definition) is 4. The Balaban J connectivity index is 1.41. The highest BCUT2D eigenvalue weighted by Gasteiger charge is 2.47. The van der Waals surface area contributed by atoms with Crippen LogP contribution < -0.4 is 11.2 Å². The van der Waals surface area contributed by atoms with Gasteiger partial charge in [0.2, 0.25) is 0 Å². The lowest BCUT2D eigenvalue weighted by atomic mass is 9.53. The first-order valence-electron chi connectivity index (χ1n) is 8.85. The average molecular weight is 332 g/mol. The summed E-state index contributed by atoms with van der Waals surface area (Å²) in [6.07, 6.45) is 10.1. The second kappa shape index (κ2) is 5.58. The summed E-state index contributed by atoms with van der Waals surface area (Å²) >= 11 is 0. The molecule has 0 spiro atoms. The Bertz CT molecular complexity index is 838. The quantitative estimate of drug-likeness (QED) is 0.665. The molecule has 3 aliphatic carbocycles. The zero-order chi connectivity index (χ0) is 16.8. The minimum Gasteiger partial charge on any atom is -0.396 e. The molecule has 0 saturated heterocycles. The van der Waals surface area contributed by atoms with E-state index < -0.39 is 11.2 Å². The van der Waals surface area contributed by atoms with E-state index in [0.29, 0.717) is 23.2 Å². The first-order valence-corrected chi connectivity index (χ1v) is 8.85. The molecule has 2 aromatic rings. The highest BCUT2D eigenvalue weighted by Crippen LogP contribution is 2.58. The largest absolute Gasteiger partial charge is 0.396 e. The fraction of sp³-hybridized carbons (Fsp3) is 0.706. The summed E-state index contributed by atoms with van der Waals surface area (Å²) in [6.45, 7) is 0.342. The molecule has 130 valence electrons. The third-order valence-electron chi connectivity index (χ3n) is 6.45. The highest BCUT2D eigenvalue weighted by molar-refractivity contribution is 5.68. The van der Waals surface area contributed by atoms with Crippen LogP contribution in [-0.4, -0.2) is 31.6 Å². The van der Waals surface area contributed by atoms with Crippen LogP contribution in [0.25, 0.3) is 11.2 Å². The molecule has 3 fully saturated rings. The van der Waals surface area contributed by atoms with E-state index in [2.05, 4.69) is 19.9 Å². The van der Waals surface area contributed by atoms with E-state index in [9.17, 15) is 14.7 Å². The van der Waals surface area contributed by atoms with Crippen molar-refractivity contribution >= 4 is 11.2 Å². The van der Waals surface area contributed by atoms with E-state index in [4.69, 9.17) is 0 Å². The monoisotopic (exact) mass is 332 g/mol. The number of H-pyrrole nitrogens is 3. The van der Waals surface area contributed by atoms with Crippen LogP contribution in [0.3, 0.4) is 0 Å². The Kier molecular flexibility index (Phi) is 3.63. The van der Waals surface area contributed by atoms with Gasteiger partial charge in [-0.25, -0.2) is 9.78 Å². The van der Waals surface area contributed by atoms with Crippen molar-refractivity contribution in [3.05, 3.63) is 26.7 Å². The molecule has 0 radical (unpaired) electrons. The van der Waals surface area contributed by atoms with Gasteiger partial charge in [-0.1, -0.05) is 0 Å². The van der Waals surface area contributed by atoms with Crippen molar-refractivity contribution < 1.29 is 5.11 Å². The van der Waals surface area contributed by atoms with Crippen LogP contribution in [0.4, 0.5) is 0 Å². The first kappa shape index (κ1) is 15.6. The molecule has 3 aliphatic rings. The van der Waals surface area contributed by atoms with Crippen LogP contribution in [-0.2, 0) is 6.42 Å². The summed E-state index contributed by atoms with van der Waals surface area (Å²) in [5, 5.41) is 9.62. The van der Waals surface area contributed by atoms with Crippen LogP contribution in [0.15, 0.2) is 9.59 Å². The van der Waals surface area contributed by atoms with Gasteiger partial charge in [0, 0.05) is 13.0 Å². The third kappa shape index (κ3) is 2.60. The Morgan fingerprint density at radius 1 is 0.958 bits per heavy atom. The lowest BCUT2D eigenvalue weighted by Crippen LogP contribution is -2.43. The van der Waals surface area contributed by atoms with E-state index in [0.717, 1.165) is 37.9 Å². The normalized spacial score (nSPS) is 29.4. The van der Waals surface area contributed by atoms with Crippen LogP contribution in [0.1, 0.15) is 57.2 Å². The maximum absolute atomic E-state index is 11.7. The van der Waals surface area contributed by atoms with Gasteiger partial charge in [0.1, 0.15) is 11.3 Å². The van der Waals surface area contributed by atoms with Crippen molar-refractivity contribution in [1.29, 1.82) is 0 Å². The zero-order valence-electron chi connectivity index (χ0n) is 13.8. The number of rotatable bonds is 5. The van der Waals surface area contributed by atoms with E-state index in [1.165, 1.54) is 25.7 Å². The number of aliphatic hydroxyl groups excluding tert-OH is 1. The molecular weight excluding hydrogens is 308 g/mol. The van der Waals surface area contributed by atoms with Gasteiger partial charge < -0.3 is 10.1 Å².